The van der Waals surface area contributed by atoms with Crippen molar-refractivity contribution >= 4 is 5.91 Å². The molecule has 0 unspecified atom stereocenters. The van der Waals surface area contributed by atoms with Gasteiger partial charge in [0.05, 0.1) is 6.54 Å². The van der Waals surface area contributed by atoms with Crippen molar-refractivity contribution in [1.29, 1.82) is 0 Å². The zero-order chi connectivity index (χ0) is 13.2. The van der Waals surface area contributed by atoms with Gasteiger partial charge in [-0.25, -0.2) is 0 Å². The van der Waals surface area contributed by atoms with Crippen LogP contribution in [0.25, 0.3) is 0 Å². The third-order valence-electron chi connectivity index (χ3n) is 5.64. The van der Waals surface area contributed by atoms with Gasteiger partial charge in [-0.1, -0.05) is 12.8 Å². The highest BCUT2D eigenvalue weighted by atomic mass is 16.2. The Labute approximate surface area is 117 Å². The van der Waals surface area contributed by atoms with Gasteiger partial charge in [0.1, 0.15) is 0 Å². The number of fused-ring (bicyclic) bond motifs is 2. The van der Waals surface area contributed by atoms with Crippen LogP contribution in [-0.4, -0.2) is 36.5 Å². The summed E-state index contributed by atoms with van der Waals surface area (Å²) in [4.78, 5) is 14.4. The van der Waals surface area contributed by atoms with Gasteiger partial charge in [-0.2, -0.15) is 0 Å². The number of carbonyl (C=O) groups excluding carboxylic acids is 1. The molecule has 2 saturated carbocycles. The maximum Gasteiger partial charge on any atom is 0.234 e. The number of amides is 1. The standard InChI is InChI=1S/C16H28N2O/c1-12(15-10-13-5-6-14(15)9-13)17-16(19)11-18-7-3-2-4-8-18/h12-15H,2-11H2,1H3,(H,17,19)/t12-,13-,14-,15-/m1/s1. The van der Waals surface area contributed by atoms with Crippen molar-refractivity contribution in [3.63, 3.8) is 0 Å². The number of likely N-dealkylation sites (tertiary alicyclic amines) is 1. The van der Waals surface area contributed by atoms with Crippen LogP contribution in [0.4, 0.5) is 0 Å². The van der Waals surface area contributed by atoms with Gasteiger partial charge in [0.25, 0.3) is 0 Å². The molecule has 0 aromatic rings. The molecule has 1 amide bonds. The summed E-state index contributed by atoms with van der Waals surface area (Å²) in [6.45, 7) is 5.05. The predicted molar refractivity (Wildman–Crippen MR) is 76.8 cm³/mol. The third-order valence-corrected chi connectivity index (χ3v) is 5.64. The minimum absolute atomic E-state index is 0.247. The Balaban J connectivity index is 1.43. The first-order valence-corrected chi connectivity index (χ1v) is 8.24. The van der Waals surface area contributed by atoms with Gasteiger partial charge in [0.15, 0.2) is 0 Å². The molecule has 3 fully saturated rings. The second-order valence-corrected chi connectivity index (χ2v) is 7.03. The van der Waals surface area contributed by atoms with Crippen molar-refractivity contribution in [2.45, 2.75) is 57.9 Å². The number of carbonyl (C=O) groups is 1. The van der Waals surface area contributed by atoms with Gasteiger partial charge < -0.3 is 5.32 Å². The van der Waals surface area contributed by atoms with Gasteiger partial charge in [-0.3, -0.25) is 9.69 Å². The van der Waals surface area contributed by atoms with E-state index in [0.717, 1.165) is 30.8 Å². The molecular formula is C16H28N2O. The zero-order valence-electron chi connectivity index (χ0n) is 12.2. The highest BCUT2D eigenvalue weighted by Gasteiger charge is 2.42. The molecule has 1 N–H and O–H groups in total. The van der Waals surface area contributed by atoms with Crippen LogP contribution < -0.4 is 5.32 Å². The molecule has 1 heterocycles. The number of nitrogens with one attached hydrogen (secondary N) is 1. The van der Waals surface area contributed by atoms with Crippen LogP contribution >= 0.6 is 0 Å². The first-order chi connectivity index (χ1) is 9.22. The molecule has 2 aliphatic carbocycles. The average molecular weight is 264 g/mol. The van der Waals surface area contributed by atoms with E-state index in [1.54, 1.807) is 0 Å². The van der Waals surface area contributed by atoms with E-state index in [1.165, 1.54) is 44.9 Å². The van der Waals surface area contributed by atoms with E-state index >= 15 is 0 Å². The number of hydrogen-bond acceptors (Lipinski definition) is 2. The molecule has 108 valence electrons. The number of piperidine rings is 1. The lowest BCUT2D eigenvalue weighted by atomic mass is 9.84. The molecule has 4 atom stereocenters. The van der Waals surface area contributed by atoms with E-state index < -0.39 is 0 Å². The van der Waals surface area contributed by atoms with Crippen LogP contribution in [-0.2, 0) is 4.79 Å². The fraction of sp³-hybridized carbons (Fsp3) is 0.938. The second kappa shape index (κ2) is 5.82. The molecule has 1 saturated heterocycles. The highest BCUT2D eigenvalue weighted by molar-refractivity contribution is 5.78. The molecule has 1 aliphatic heterocycles. The summed E-state index contributed by atoms with van der Waals surface area (Å²) in [6, 6.07) is 0.382. The van der Waals surface area contributed by atoms with Gasteiger partial charge in [0.2, 0.25) is 5.91 Å². The van der Waals surface area contributed by atoms with Crippen molar-refractivity contribution < 1.29 is 4.79 Å². The Kier molecular flexibility index (Phi) is 4.11. The normalized spacial score (nSPS) is 36.4. The summed E-state index contributed by atoms with van der Waals surface area (Å²) in [5.41, 5.74) is 0. The van der Waals surface area contributed by atoms with E-state index in [-0.39, 0.29) is 5.91 Å². The zero-order valence-corrected chi connectivity index (χ0v) is 12.2. The maximum absolute atomic E-state index is 12.1. The number of nitrogens with zero attached hydrogens (tertiary/aromatic N) is 1. The van der Waals surface area contributed by atoms with E-state index in [0.29, 0.717) is 12.6 Å². The molecule has 3 nitrogen and oxygen atoms in total. The van der Waals surface area contributed by atoms with Crippen LogP contribution in [0.2, 0.25) is 0 Å². The van der Waals surface area contributed by atoms with E-state index in [1.807, 2.05) is 0 Å². The lowest BCUT2D eigenvalue weighted by molar-refractivity contribution is -0.123. The Morgan fingerprint density at radius 1 is 1.21 bits per heavy atom. The van der Waals surface area contributed by atoms with Crippen molar-refractivity contribution in [2.75, 3.05) is 19.6 Å². The lowest BCUT2D eigenvalue weighted by Crippen LogP contribution is -2.45. The van der Waals surface area contributed by atoms with E-state index in [4.69, 9.17) is 0 Å². The Hall–Kier alpha value is -0.570. The number of rotatable bonds is 4. The summed E-state index contributed by atoms with van der Waals surface area (Å²) in [7, 11) is 0. The largest absolute Gasteiger partial charge is 0.352 e. The first-order valence-electron chi connectivity index (χ1n) is 8.24. The quantitative estimate of drug-likeness (QED) is 0.845. The minimum atomic E-state index is 0.247. The molecular weight excluding hydrogens is 236 g/mol. The maximum atomic E-state index is 12.1. The van der Waals surface area contributed by atoms with Crippen molar-refractivity contribution in [3.05, 3.63) is 0 Å². The summed E-state index contributed by atoms with van der Waals surface area (Å²) in [5.74, 6) is 2.87. The molecule has 0 aromatic heterocycles. The first kappa shape index (κ1) is 13.4. The smallest absolute Gasteiger partial charge is 0.234 e. The minimum Gasteiger partial charge on any atom is -0.352 e. The topological polar surface area (TPSA) is 32.3 Å². The highest BCUT2D eigenvalue weighted by Crippen LogP contribution is 2.49. The summed E-state index contributed by atoms with van der Waals surface area (Å²) in [6.07, 6.45) is 9.48. The van der Waals surface area contributed by atoms with Crippen LogP contribution in [0.1, 0.15) is 51.9 Å². The fourth-order valence-corrected chi connectivity index (χ4v) is 4.63. The SMILES string of the molecule is C[C@@H](NC(=O)CN1CCCCC1)[C@H]1C[C@@H]2CC[C@@H]1C2. The van der Waals surface area contributed by atoms with Crippen molar-refractivity contribution in [2.24, 2.45) is 17.8 Å². The fourth-order valence-electron chi connectivity index (χ4n) is 4.63. The Morgan fingerprint density at radius 2 is 2.00 bits per heavy atom. The van der Waals surface area contributed by atoms with Gasteiger partial charge >= 0.3 is 0 Å². The summed E-state index contributed by atoms with van der Waals surface area (Å²) >= 11 is 0. The molecule has 3 heteroatoms. The molecule has 3 aliphatic rings. The number of hydrogen-bond donors (Lipinski definition) is 1. The van der Waals surface area contributed by atoms with E-state index in [2.05, 4.69) is 17.1 Å². The Morgan fingerprint density at radius 3 is 2.63 bits per heavy atom. The van der Waals surface area contributed by atoms with Crippen LogP contribution in [0.5, 0.6) is 0 Å². The van der Waals surface area contributed by atoms with Crippen molar-refractivity contribution in [1.82, 2.24) is 10.2 Å². The summed E-state index contributed by atoms with van der Waals surface area (Å²) < 4.78 is 0. The molecule has 2 bridgehead atoms. The summed E-state index contributed by atoms with van der Waals surface area (Å²) in [5, 5.41) is 3.27. The molecule has 0 spiro atoms. The second-order valence-electron chi connectivity index (χ2n) is 7.03. The molecule has 0 aromatic carbocycles. The molecule has 19 heavy (non-hydrogen) atoms. The van der Waals surface area contributed by atoms with Gasteiger partial charge in [-0.15, -0.1) is 0 Å². The lowest BCUT2D eigenvalue weighted by Gasteiger charge is -2.30. The predicted octanol–water partition coefficient (Wildman–Crippen LogP) is 2.41. The van der Waals surface area contributed by atoms with Crippen LogP contribution in [0.3, 0.4) is 0 Å². The monoisotopic (exact) mass is 264 g/mol. The Bertz CT molecular complexity index is 325. The third kappa shape index (κ3) is 3.13. The average Bonchev–Trinajstić information content (AvgIpc) is 3.02. The van der Waals surface area contributed by atoms with Gasteiger partial charge in [0, 0.05) is 6.04 Å². The molecule has 3 rings (SSSR count). The molecule has 0 radical (unpaired) electrons. The van der Waals surface area contributed by atoms with Crippen molar-refractivity contribution in [3.8, 4) is 0 Å². The van der Waals surface area contributed by atoms with E-state index in [9.17, 15) is 4.79 Å². The van der Waals surface area contributed by atoms with Gasteiger partial charge in [-0.05, 0) is 69.9 Å². The van der Waals surface area contributed by atoms with Crippen LogP contribution in [0.15, 0.2) is 0 Å². The van der Waals surface area contributed by atoms with Crippen LogP contribution in [0, 0.1) is 17.8 Å².